The molecule has 2 heterocycles. The summed E-state index contributed by atoms with van der Waals surface area (Å²) in [6, 6.07) is 8.40. The standard InChI is InChI=1S/C19H28ClN3O/c1-4-21-18(23-16-11-13-9-10-17(16)24-13)22-12-19(2,3)14-7-5-6-8-15(14)20/h5-8,13,16-17H,4,9-12H2,1-3H3,(H2,21,22,23). The second-order valence-corrected chi connectivity index (χ2v) is 7.83. The molecule has 0 aliphatic carbocycles. The summed E-state index contributed by atoms with van der Waals surface area (Å²) in [6.45, 7) is 7.98. The molecular formula is C19H28ClN3O. The summed E-state index contributed by atoms with van der Waals surface area (Å²) in [5, 5.41) is 7.73. The van der Waals surface area contributed by atoms with E-state index < -0.39 is 0 Å². The van der Waals surface area contributed by atoms with E-state index in [9.17, 15) is 0 Å². The molecule has 2 aliphatic heterocycles. The van der Waals surface area contributed by atoms with E-state index >= 15 is 0 Å². The van der Waals surface area contributed by atoms with Crippen molar-refractivity contribution in [2.75, 3.05) is 13.1 Å². The van der Waals surface area contributed by atoms with Crippen molar-refractivity contribution >= 4 is 17.6 Å². The van der Waals surface area contributed by atoms with Crippen LogP contribution >= 0.6 is 11.6 Å². The van der Waals surface area contributed by atoms with Crippen LogP contribution in [0.2, 0.25) is 5.02 Å². The average Bonchev–Trinajstić information content (AvgIpc) is 3.16. The van der Waals surface area contributed by atoms with Gasteiger partial charge in [0.1, 0.15) is 0 Å². The van der Waals surface area contributed by atoms with Crippen molar-refractivity contribution < 1.29 is 4.74 Å². The summed E-state index contributed by atoms with van der Waals surface area (Å²) in [5.41, 5.74) is 1.01. The molecule has 0 saturated carbocycles. The smallest absolute Gasteiger partial charge is 0.191 e. The van der Waals surface area contributed by atoms with Gasteiger partial charge in [0, 0.05) is 17.0 Å². The van der Waals surface area contributed by atoms with Crippen LogP contribution < -0.4 is 10.6 Å². The van der Waals surface area contributed by atoms with Crippen LogP contribution in [0.5, 0.6) is 0 Å². The zero-order valence-electron chi connectivity index (χ0n) is 14.8. The van der Waals surface area contributed by atoms with Gasteiger partial charge in [-0.2, -0.15) is 0 Å². The number of nitrogens with zero attached hydrogens (tertiary/aromatic N) is 1. The Kier molecular flexibility index (Phi) is 5.36. The molecule has 2 bridgehead atoms. The number of ether oxygens (including phenoxy) is 1. The van der Waals surface area contributed by atoms with Crippen LogP contribution in [-0.2, 0) is 10.2 Å². The number of aliphatic imine (C=N–C) groups is 1. The highest BCUT2D eigenvalue weighted by molar-refractivity contribution is 6.31. The Morgan fingerprint density at radius 3 is 2.75 bits per heavy atom. The van der Waals surface area contributed by atoms with Crippen molar-refractivity contribution in [1.82, 2.24) is 10.6 Å². The lowest BCUT2D eigenvalue weighted by Gasteiger charge is -2.26. The number of fused-ring (bicyclic) bond motifs is 2. The molecule has 2 aliphatic rings. The van der Waals surface area contributed by atoms with Gasteiger partial charge in [-0.15, -0.1) is 0 Å². The molecule has 2 fully saturated rings. The minimum absolute atomic E-state index is 0.119. The van der Waals surface area contributed by atoms with Gasteiger partial charge >= 0.3 is 0 Å². The Balaban J connectivity index is 1.68. The number of hydrogen-bond acceptors (Lipinski definition) is 2. The van der Waals surface area contributed by atoms with E-state index in [1.165, 1.54) is 6.42 Å². The molecule has 132 valence electrons. The highest BCUT2D eigenvalue weighted by atomic mass is 35.5. The number of hydrogen-bond donors (Lipinski definition) is 2. The third kappa shape index (κ3) is 3.86. The Morgan fingerprint density at radius 1 is 1.33 bits per heavy atom. The van der Waals surface area contributed by atoms with E-state index in [1.54, 1.807) is 0 Å². The molecular weight excluding hydrogens is 322 g/mol. The minimum Gasteiger partial charge on any atom is -0.373 e. The Labute approximate surface area is 150 Å². The van der Waals surface area contributed by atoms with Crippen LogP contribution in [0.1, 0.15) is 45.6 Å². The van der Waals surface area contributed by atoms with Gasteiger partial charge in [0.2, 0.25) is 0 Å². The largest absolute Gasteiger partial charge is 0.373 e. The van der Waals surface area contributed by atoms with E-state index in [2.05, 4.69) is 37.5 Å². The van der Waals surface area contributed by atoms with E-state index in [4.69, 9.17) is 21.3 Å². The highest BCUT2D eigenvalue weighted by Gasteiger charge is 2.41. The molecule has 0 radical (unpaired) electrons. The van der Waals surface area contributed by atoms with Crippen LogP contribution in [0.25, 0.3) is 0 Å². The number of rotatable bonds is 5. The summed E-state index contributed by atoms with van der Waals surface area (Å²) >= 11 is 6.37. The van der Waals surface area contributed by atoms with Gasteiger partial charge < -0.3 is 15.4 Å². The molecule has 5 heteroatoms. The molecule has 1 aromatic carbocycles. The van der Waals surface area contributed by atoms with E-state index in [1.807, 2.05) is 18.2 Å². The first-order chi connectivity index (χ1) is 11.5. The summed E-state index contributed by atoms with van der Waals surface area (Å²) in [5.74, 6) is 0.874. The lowest BCUT2D eigenvalue weighted by atomic mass is 9.85. The average molecular weight is 350 g/mol. The number of benzene rings is 1. The molecule has 1 aromatic rings. The van der Waals surface area contributed by atoms with Crippen LogP contribution in [0.15, 0.2) is 29.3 Å². The zero-order chi connectivity index (χ0) is 17.2. The number of guanidine groups is 1. The SMILES string of the molecule is CCNC(=NCC(C)(C)c1ccccc1Cl)NC1CC2CCC1O2. The van der Waals surface area contributed by atoms with E-state index in [0.717, 1.165) is 35.9 Å². The normalized spacial score (nSPS) is 26.7. The van der Waals surface area contributed by atoms with Crippen LogP contribution in [-0.4, -0.2) is 37.3 Å². The van der Waals surface area contributed by atoms with E-state index in [0.29, 0.717) is 24.8 Å². The fourth-order valence-electron chi connectivity index (χ4n) is 3.66. The van der Waals surface area contributed by atoms with Crippen LogP contribution in [0.3, 0.4) is 0 Å². The first kappa shape index (κ1) is 17.6. The number of halogens is 1. The fourth-order valence-corrected chi connectivity index (χ4v) is 4.05. The second-order valence-electron chi connectivity index (χ2n) is 7.42. The van der Waals surface area contributed by atoms with Crippen molar-refractivity contribution in [3.63, 3.8) is 0 Å². The Hall–Kier alpha value is -1.26. The summed E-state index contributed by atoms with van der Waals surface area (Å²) in [6.07, 6.45) is 4.23. The maximum absolute atomic E-state index is 6.37. The predicted octanol–water partition coefficient (Wildman–Crippen LogP) is 3.49. The van der Waals surface area contributed by atoms with Gasteiger partial charge in [0.05, 0.1) is 24.8 Å². The van der Waals surface area contributed by atoms with Crippen molar-refractivity contribution in [2.24, 2.45) is 4.99 Å². The van der Waals surface area contributed by atoms with Gasteiger partial charge in [0.25, 0.3) is 0 Å². The highest BCUT2D eigenvalue weighted by Crippen LogP contribution is 2.34. The molecule has 3 rings (SSSR count). The third-order valence-corrected chi connectivity index (χ3v) is 5.34. The topological polar surface area (TPSA) is 45.7 Å². The Bertz CT molecular complexity index is 602. The van der Waals surface area contributed by atoms with E-state index in [-0.39, 0.29) is 5.41 Å². The van der Waals surface area contributed by atoms with Crippen LogP contribution in [0, 0.1) is 0 Å². The molecule has 2 N–H and O–H groups in total. The van der Waals surface area contributed by atoms with Crippen molar-refractivity contribution in [3.8, 4) is 0 Å². The molecule has 24 heavy (non-hydrogen) atoms. The molecule has 0 amide bonds. The second kappa shape index (κ2) is 7.32. The molecule has 0 spiro atoms. The third-order valence-electron chi connectivity index (χ3n) is 5.01. The summed E-state index contributed by atoms with van der Waals surface area (Å²) < 4.78 is 5.93. The molecule has 0 aromatic heterocycles. The van der Waals surface area contributed by atoms with Gasteiger partial charge in [-0.3, -0.25) is 4.99 Å². The maximum atomic E-state index is 6.37. The van der Waals surface area contributed by atoms with Gasteiger partial charge in [0.15, 0.2) is 5.96 Å². The minimum atomic E-state index is -0.119. The monoisotopic (exact) mass is 349 g/mol. The lowest BCUT2D eigenvalue weighted by molar-refractivity contribution is 0.0992. The van der Waals surface area contributed by atoms with Gasteiger partial charge in [-0.25, -0.2) is 0 Å². The summed E-state index contributed by atoms with van der Waals surface area (Å²) in [4.78, 5) is 4.83. The van der Waals surface area contributed by atoms with Crippen LogP contribution in [0.4, 0.5) is 0 Å². The number of nitrogens with one attached hydrogen (secondary N) is 2. The van der Waals surface area contributed by atoms with Crippen molar-refractivity contribution in [1.29, 1.82) is 0 Å². The maximum Gasteiger partial charge on any atom is 0.191 e. The molecule has 4 nitrogen and oxygen atoms in total. The summed E-state index contributed by atoms with van der Waals surface area (Å²) in [7, 11) is 0. The fraction of sp³-hybridized carbons (Fsp3) is 0.632. The van der Waals surface area contributed by atoms with Gasteiger partial charge in [-0.05, 0) is 37.8 Å². The predicted molar refractivity (Wildman–Crippen MR) is 99.9 cm³/mol. The quantitative estimate of drug-likeness (QED) is 0.631. The van der Waals surface area contributed by atoms with Crippen molar-refractivity contribution in [2.45, 2.75) is 63.7 Å². The van der Waals surface area contributed by atoms with Crippen molar-refractivity contribution in [3.05, 3.63) is 34.9 Å². The first-order valence-electron chi connectivity index (χ1n) is 8.95. The first-order valence-corrected chi connectivity index (χ1v) is 9.32. The molecule has 2 saturated heterocycles. The zero-order valence-corrected chi connectivity index (χ0v) is 15.6. The molecule has 3 unspecified atom stereocenters. The lowest BCUT2D eigenvalue weighted by Crippen LogP contribution is -2.47. The Morgan fingerprint density at radius 2 is 2.12 bits per heavy atom. The van der Waals surface area contributed by atoms with Gasteiger partial charge in [-0.1, -0.05) is 43.6 Å². The molecule has 3 atom stereocenters.